The highest BCUT2D eigenvalue weighted by Gasteiger charge is 2.24. The van der Waals surface area contributed by atoms with Crippen LogP contribution in [-0.2, 0) is 9.59 Å². The normalized spacial score (nSPS) is 12.2. The third-order valence-corrected chi connectivity index (χ3v) is 2.95. The summed E-state index contributed by atoms with van der Waals surface area (Å²) >= 11 is 0. The molecule has 1 rings (SSSR count). The number of hydrogen-bond acceptors (Lipinski definition) is 3. The first-order chi connectivity index (χ1) is 9.31. The number of carbonyl (C=O) groups excluding carboxylic acids is 1. The van der Waals surface area contributed by atoms with Crippen LogP contribution in [0.1, 0.15) is 25.8 Å². The molecule has 0 aliphatic carbocycles. The summed E-state index contributed by atoms with van der Waals surface area (Å²) in [5.41, 5.74) is 7.48. The Bertz CT molecular complexity index is 469. The third-order valence-electron chi connectivity index (χ3n) is 2.95. The number of carboxylic acid groups (broad SMARTS) is 1. The van der Waals surface area contributed by atoms with E-state index < -0.39 is 12.0 Å². The molecule has 3 N–H and O–H groups in total. The average Bonchev–Trinajstić information content (AvgIpc) is 2.35. The van der Waals surface area contributed by atoms with E-state index in [9.17, 15) is 9.59 Å². The number of carbonyl (C=O) groups is 2. The number of benzene rings is 1. The van der Waals surface area contributed by atoms with E-state index in [2.05, 4.69) is 0 Å². The highest BCUT2D eigenvalue weighted by atomic mass is 16.4. The van der Waals surface area contributed by atoms with Crippen molar-refractivity contribution in [2.45, 2.75) is 33.2 Å². The molecular weight excluding hydrogens is 256 g/mol. The van der Waals surface area contributed by atoms with Crippen molar-refractivity contribution in [1.82, 2.24) is 0 Å². The van der Waals surface area contributed by atoms with Crippen molar-refractivity contribution in [1.29, 1.82) is 0 Å². The number of aliphatic carboxylic acids is 1. The fourth-order valence-electron chi connectivity index (χ4n) is 1.97. The summed E-state index contributed by atoms with van der Waals surface area (Å²) in [6.07, 6.45) is 0.529. The molecule has 1 aromatic rings. The number of nitrogens with zero attached hydrogens (tertiary/aromatic N) is 1. The zero-order valence-corrected chi connectivity index (χ0v) is 12.2. The van der Waals surface area contributed by atoms with Crippen molar-refractivity contribution >= 4 is 17.6 Å². The summed E-state index contributed by atoms with van der Waals surface area (Å²) in [5.74, 6) is -1.14. The molecule has 0 heterocycles. The van der Waals surface area contributed by atoms with Crippen LogP contribution >= 0.6 is 0 Å². The SMILES string of the molecule is Cc1ccc(N(CC(=O)O)C(=O)[C@@H](N)CC(C)C)cc1. The molecule has 0 spiro atoms. The Balaban J connectivity index is 2.96. The van der Waals surface area contributed by atoms with Crippen molar-refractivity contribution in [3.8, 4) is 0 Å². The lowest BCUT2D eigenvalue weighted by molar-refractivity contribution is -0.136. The summed E-state index contributed by atoms with van der Waals surface area (Å²) < 4.78 is 0. The number of nitrogens with two attached hydrogens (primary N) is 1. The molecule has 0 saturated carbocycles. The third kappa shape index (κ3) is 4.66. The average molecular weight is 278 g/mol. The van der Waals surface area contributed by atoms with Crippen LogP contribution in [0, 0.1) is 12.8 Å². The van der Waals surface area contributed by atoms with Crippen molar-refractivity contribution in [2.24, 2.45) is 11.7 Å². The number of aryl methyl sites for hydroxylation is 1. The quantitative estimate of drug-likeness (QED) is 0.831. The van der Waals surface area contributed by atoms with Crippen LogP contribution in [0.3, 0.4) is 0 Å². The van der Waals surface area contributed by atoms with Gasteiger partial charge in [0, 0.05) is 5.69 Å². The minimum atomic E-state index is -1.06. The molecule has 0 aliphatic rings. The van der Waals surface area contributed by atoms with Crippen LogP contribution in [0.15, 0.2) is 24.3 Å². The van der Waals surface area contributed by atoms with Crippen molar-refractivity contribution in [2.75, 3.05) is 11.4 Å². The Hall–Kier alpha value is -1.88. The smallest absolute Gasteiger partial charge is 0.323 e. The molecule has 20 heavy (non-hydrogen) atoms. The summed E-state index contributed by atoms with van der Waals surface area (Å²) in [6, 6.07) is 6.46. The van der Waals surface area contributed by atoms with Gasteiger partial charge in [0.2, 0.25) is 5.91 Å². The largest absolute Gasteiger partial charge is 0.480 e. The van der Waals surface area contributed by atoms with E-state index in [0.29, 0.717) is 12.1 Å². The summed E-state index contributed by atoms with van der Waals surface area (Å²) in [5, 5.41) is 8.98. The predicted octanol–water partition coefficient (Wildman–Crippen LogP) is 1.79. The Morgan fingerprint density at radius 1 is 1.25 bits per heavy atom. The van der Waals surface area contributed by atoms with E-state index in [4.69, 9.17) is 10.8 Å². The van der Waals surface area contributed by atoms with Gasteiger partial charge in [-0.15, -0.1) is 0 Å². The Labute approximate surface area is 119 Å². The van der Waals surface area contributed by atoms with Crippen LogP contribution in [0.4, 0.5) is 5.69 Å². The second kappa shape index (κ2) is 7.05. The van der Waals surface area contributed by atoms with Gasteiger partial charge in [0.15, 0.2) is 0 Å². The van der Waals surface area contributed by atoms with Crippen LogP contribution < -0.4 is 10.6 Å². The maximum atomic E-state index is 12.3. The van der Waals surface area contributed by atoms with E-state index in [1.165, 1.54) is 4.90 Å². The molecule has 0 fully saturated rings. The fourth-order valence-corrected chi connectivity index (χ4v) is 1.97. The van der Waals surface area contributed by atoms with Crippen LogP contribution in [0.2, 0.25) is 0 Å². The first kappa shape index (κ1) is 16.2. The highest BCUT2D eigenvalue weighted by Crippen LogP contribution is 2.17. The molecule has 1 atom stereocenters. The van der Waals surface area contributed by atoms with Crippen molar-refractivity contribution < 1.29 is 14.7 Å². The summed E-state index contributed by atoms with van der Waals surface area (Å²) in [7, 11) is 0. The van der Waals surface area contributed by atoms with E-state index >= 15 is 0 Å². The maximum absolute atomic E-state index is 12.3. The van der Waals surface area contributed by atoms with Gasteiger partial charge in [-0.25, -0.2) is 0 Å². The lowest BCUT2D eigenvalue weighted by Gasteiger charge is -2.25. The Kier molecular flexibility index (Phi) is 5.70. The molecule has 5 heteroatoms. The molecule has 1 amide bonds. The standard InChI is InChI=1S/C15H22N2O3/c1-10(2)8-13(16)15(20)17(9-14(18)19)12-6-4-11(3)5-7-12/h4-7,10,13H,8-9,16H2,1-3H3,(H,18,19)/t13-/m0/s1. The van der Waals surface area contributed by atoms with E-state index in [0.717, 1.165) is 5.56 Å². The van der Waals surface area contributed by atoms with Gasteiger partial charge in [0.05, 0.1) is 6.04 Å². The molecule has 0 saturated heterocycles. The number of carboxylic acids is 1. The van der Waals surface area contributed by atoms with Crippen molar-refractivity contribution in [3.05, 3.63) is 29.8 Å². The monoisotopic (exact) mass is 278 g/mol. The van der Waals surface area contributed by atoms with E-state index in [-0.39, 0.29) is 18.4 Å². The molecule has 5 nitrogen and oxygen atoms in total. The molecule has 0 unspecified atom stereocenters. The van der Waals surface area contributed by atoms with Crippen LogP contribution in [-0.4, -0.2) is 29.6 Å². The topological polar surface area (TPSA) is 83.6 Å². The van der Waals surface area contributed by atoms with Crippen molar-refractivity contribution in [3.63, 3.8) is 0 Å². The van der Waals surface area contributed by atoms with Gasteiger partial charge in [-0.1, -0.05) is 31.5 Å². The predicted molar refractivity (Wildman–Crippen MR) is 78.6 cm³/mol. The number of rotatable bonds is 6. The van der Waals surface area contributed by atoms with Gasteiger partial charge >= 0.3 is 5.97 Å². The number of hydrogen-bond donors (Lipinski definition) is 2. The lowest BCUT2D eigenvalue weighted by Crippen LogP contribution is -2.46. The fraction of sp³-hybridized carbons (Fsp3) is 0.467. The number of anilines is 1. The maximum Gasteiger partial charge on any atom is 0.323 e. The molecule has 0 aromatic heterocycles. The zero-order chi connectivity index (χ0) is 15.3. The second-order valence-corrected chi connectivity index (χ2v) is 5.39. The lowest BCUT2D eigenvalue weighted by atomic mass is 10.0. The minimum Gasteiger partial charge on any atom is -0.480 e. The minimum absolute atomic E-state index is 0.277. The molecule has 0 aliphatic heterocycles. The second-order valence-electron chi connectivity index (χ2n) is 5.39. The van der Waals surface area contributed by atoms with Crippen LogP contribution in [0.25, 0.3) is 0 Å². The van der Waals surface area contributed by atoms with Gasteiger partial charge in [0.1, 0.15) is 6.54 Å². The summed E-state index contributed by atoms with van der Waals surface area (Å²) in [4.78, 5) is 24.5. The van der Waals surface area contributed by atoms with Gasteiger partial charge in [-0.05, 0) is 31.4 Å². The first-order valence-electron chi connectivity index (χ1n) is 6.66. The van der Waals surface area contributed by atoms with Gasteiger partial charge < -0.3 is 10.8 Å². The number of amides is 1. The molecule has 0 radical (unpaired) electrons. The highest BCUT2D eigenvalue weighted by molar-refractivity contribution is 6.00. The zero-order valence-electron chi connectivity index (χ0n) is 12.2. The summed E-state index contributed by atoms with van der Waals surface area (Å²) in [6.45, 7) is 5.49. The first-order valence-corrected chi connectivity index (χ1v) is 6.66. The molecule has 110 valence electrons. The van der Waals surface area contributed by atoms with E-state index in [1.54, 1.807) is 12.1 Å². The van der Waals surface area contributed by atoms with E-state index in [1.807, 2.05) is 32.9 Å². The van der Waals surface area contributed by atoms with Gasteiger partial charge in [0.25, 0.3) is 0 Å². The van der Waals surface area contributed by atoms with Gasteiger partial charge in [-0.2, -0.15) is 0 Å². The molecule has 1 aromatic carbocycles. The van der Waals surface area contributed by atoms with Crippen LogP contribution in [0.5, 0.6) is 0 Å². The Morgan fingerprint density at radius 2 is 1.80 bits per heavy atom. The van der Waals surface area contributed by atoms with Gasteiger partial charge in [-0.3, -0.25) is 14.5 Å². The molecular formula is C15H22N2O3. The Morgan fingerprint density at radius 3 is 2.25 bits per heavy atom. The molecule has 0 bridgehead atoms.